The van der Waals surface area contributed by atoms with Crippen LogP contribution in [0.5, 0.6) is 0 Å². The fraction of sp³-hybridized carbons (Fsp3) is 0.435. The van der Waals surface area contributed by atoms with E-state index in [0.29, 0.717) is 65.8 Å². The molecule has 1 N–H and O–H groups in total. The molecule has 33 heavy (non-hydrogen) atoms. The van der Waals surface area contributed by atoms with Crippen molar-refractivity contribution in [2.45, 2.75) is 51.7 Å². The van der Waals surface area contributed by atoms with Crippen LogP contribution in [-0.4, -0.2) is 53.7 Å². The normalized spacial score (nSPS) is 15.6. The van der Waals surface area contributed by atoms with E-state index < -0.39 is 0 Å². The van der Waals surface area contributed by atoms with Crippen molar-refractivity contribution in [3.8, 4) is 0 Å². The third-order valence-electron chi connectivity index (χ3n) is 6.06. The Balaban J connectivity index is 1.74. The second-order valence-corrected chi connectivity index (χ2v) is 10.0. The number of nitrogens with zero attached hydrogens (tertiary/aromatic N) is 7. The van der Waals surface area contributed by atoms with E-state index in [-0.39, 0.29) is 17.2 Å². The smallest absolute Gasteiger partial charge is 0.336 e. The maximum absolute atomic E-state index is 13.8. The molecule has 0 radical (unpaired) electrons. The Labute approximate surface area is 195 Å². The van der Waals surface area contributed by atoms with E-state index in [0.717, 1.165) is 5.56 Å². The van der Waals surface area contributed by atoms with Gasteiger partial charge in [-0.2, -0.15) is 0 Å². The van der Waals surface area contributed by atoms with E-state index in [4.69, 9.17) is 11.6 Å². The predicted molar refractivity (Wildman–Crippen MR) is 127 cm³/mol. The van der Waals surface area contributed by atoms with E-state index in [1.165, 1.54) is 0 Å². The number of hydrogen-bond acceptors (Lipinski definition) is 7. The molecule has 3 aromatic heterocycles. The molecule has 4 aromatic rings. The molecule has 5 rings (SSSR count). The maximum atomic E-state index is 13.8. The van der Waals surface area contributed by atoms with Gasteiger partial charge in [0.05, 0.1) is 18.2 Å². The third kappa shape index (κ3) is 3.95. The van der Waals surface area contributed by atoms with Gasteiger partial charge in [0.1, 0.15) is 5.82 Å². The number of fused-ring (bicyclic) bond motifs is 3. The summed E-state index contributed by atoms with van der Waals surface area (Å²) in [5, 5.41) is 28.1. The first-order valence-corrected chi connectivity index (χ1v) is 11.4. The van der Waals surface area contributed by atoms with Crippen molar-refractivity contribution in [2.24, 2.45) is 0 Å². The average Bonchev–Trinajstić information content (AvgIpc) is 3.24. The summed E-state index contributed by atoms with van der Waals surface area (Å²) in [6.45, 7) is 7.70. The number of piperidine rings is 1. The molecule has 0 bridgehead atoms. The van der Waals surface area contributed by atoms with E-state index in [9.17, 15) is 9.90 Å². The van der Waals surface area contributed by atoms with E-state index >= 15 is 0 Å². The number of aromatic nitrogens is 6. The number of hydrogen-bond donors (Lipinski definition) is 1. The molecule has 0 unspecified atom stereocenters. The molecular weight excluding hydrogens is 442 g/mol. The summed E-state index contributed by atoms with van der Waals surface area (Å²) < 4.78 is 3.24. The summed E-state index contributed by atoms with van der Waals surface area (Å²) in [6, 6.07) is 9.33. The van der Waals surface area contributed by atoms with Crippen LogP contribution in [0.25, 0.3) is 16.7 Å². The third-order valence-corrected chi connectivity index (χ3v) is 6.31. The topological polar surface area (TPSA) is 101 Å². The summed E-state index contributed by atoms with van der Waals surface area (Å²) in [6.07, 6.45) is 1.06. The van der Waals surface area contributed by atoms with Crippen LogP contribution in [0.2, 0.25) is 5.02 Å². The summed E-state index contributed by atoms with van der Waals surface area (Å²) in [4.78, 5) is 15.9. The Morgan fingerprint density at radius 1 is 1.06 bits per heavy atom. The van der Waals surface area contributed by atoms with Crippen LogP contribution in [0.4, 0.5) is 5.82 Å². The molecule has 172 valence electrons. The fourth-order valence-corrected chi connectivity index (χ4v) is 4.37. The minimum atomic E-state index is -0.383. The predicted octanol–water partition coefficient (Wildman–Crippen LogP) is 2.79. The van der Waals surface area contributed by atoms with Gasteiger partial charge in [-0.15, -0.1) is 20.4 Å². The highest BCUT2D eigenvalue weighted by molar-refractivity contribution is 6.30. The molecule has 10 heteroatoms. The maximum Gasteiger partial charge on any atom is 0.336 e. The molecule has 1 aliphatic rings. The zero-order chi connectivity index (χ0) is 23.3. The molecule has 4 heterocycles. The molecule has 1 saturated heterocycles. The van der Waals surface area contributed by atoms with Crippen molar-refractivity contribution in [3.05, 3.63) is 57.2 Å². The van der Waals surface area contributed by atoms with Crippen molar-refractivity contribution in [2.75, 3.05) is 18.0 Å². The minimum Gasteiger partial charge on any atom is -0.393 e. The number of rotatable bonds is 3. The second-order valence-electron chi connectivity index (χ2n) is 9.58. The first-order chi connectivity index (χ1) is 15.7. The first kappa shape index (κ1) is 21.8. The number of benzene rings is 1. The zero-order valence-corrected chi connectivity index (χ0v) is 19.6. The van der Waals surface area contributed by atoms with Gasteiger partial charge < -0.3 is 10.0 Å². The Morgan fingerprint density at radius 3 is 2.42 bits per heavy atom. The summed E-state index contributed by atoms with van der Waals surface area (Å²) >= 11 is 6.06. The summed E-state index contributed by atoms with van der Waals surface area (Å²) in [7, 11) is 0. The molecule has 1 aliphatic heterocycles. The molecule has 1 aromatic carbocycles. The second kappa shape index (κ2) is 8.07. The lowest BCUT2D eigenvalue weighted by Crippen LogP contribution is -2.36. The van der Waals surface area contributed by atoms with Crippen LogP contribution < -0.4 is 10.6 Å². The molecule has 0 amide bonds. The highest BCUT2D eigenvalue weighted by atomic mass is 35.5. The summed E-state index contributed by atoms with van der Waals surface area (Å²) in [5.41, 5.74) is 1.90. The van der Waals surface area contributed by atoms with Crippen LogP contribution >= 0.6 is 11.6 Å². The Hall–Kier alpha value is -3.04. The number of aliphatic hydroxyl groups excluding tert-OH is 1. The van der Waals surface area contributed by atoms with Crippen LogP contribution in [-0.2, 0) is 12.0 Å². The zero-order valence-electron chi connectivity index (χ0n) is 18.9. The van der Waals surface area contributed by atoms with Gasteiger partial charge in [0.15, 0.2) is 17.0 Å². The highest BCUT2D eigenvalue weighted by Crippen LogP contribution is 2.26. The van der Waals surface area contributed by atoms with Crippen molar-refractivity contribution in [3.63, 3.8) is 0 Å². The lowest BCUT2D eigenvalue weighted by atomic mass is 9.96. The number of aliphatic hydroxyl groups is 1. The number of halogens is 1. The van der Waals surface area contributed by atoms with Crippen molar-refractivity contribution >= 4 is 34.1 Å². The molecule has 1 fully saturated rings. The van der Waals surface area contributed by atoms with Gasteiger partial charge in [-0.05, 0) is 30.5 Å². The standard InChI is InChI=1S/C23H26ClN7O2/c1-23(2,3)21-28-27-20-19-17(12-18(25-26-19)29-10-8-16(32)9-11-29)30(22(33)31(20)21)13-14-4-6-15(24)7-5-14/h4-7,12,16,32H,8-11,13H2,1-3H3. The average molecular weight is 468 g/mol. The number of anilines is 1. The molecule has 0 atom stereocenters. The minimum absolute atomic E-state index is 0.226. The molecule has 0 spiro atoms. The fourth-order valence-electron chi connectivity index (χ4n) is 4.24. The van der Waals surface area contributed by atoms with Crippen molar-refractivity contribution in [1.82, 2.24) is 29.4 Å². The highest BCUT2D eigenvalue weighted by Gasteiger charge is 2.27. The SMILES string of the molecule is CC(C)(C)c1nnc2c3nnc(N4CCC(O)CC4)cc3n(Cc3ccc(Cl)cc3)c(=O)n12. The lowest BCUT2D eigenvalue weighted by molar-refractivity contribution is 0.145. The van der Waals surface area contributed by atoms with Gasteiger partial charge >= 0.3 is 5.69 Å². The molecular formula is C23H26ClN7O2. The Morgan fingerprint density at radius 2 is 1.76 bits per heavy atom. The van der Waals surface area contributed by atoms with Gasteiger partial charge in [0, 0.05) is 29.6 Å². The van der Waals surface area contributed by atoms with Gasteiger partial charge in [-0.1, -0.05) is 44.5 Å². The van der Waals surface area contributed by atoms with Gasteiger partial charge in [-0.3, -0.25) is 4.57 Å². The quantitative estimate of drug-likeness (QED) is 0.494. The summed E-state index contributed by atoms with van der Waals surface area (Å²) in [5.74, 6) is 1.25. The van der Waals surface area contributed by atoms with E-state index in [1.807, 2.05) is 51.1 Å². The monoisotopic (exact) mass is 467 g/mol. The van der Waals surface area contributed by atoms with E-state index in [1.54, 1.807) is 8.97 Å². The first-order valence-electron chi connectivity index (χ1n) is 11.1. The molecule has 0 saturated carbocycles. The van der Waals surface area contributed by atoms with Crippen LogP contribution in [0.15, 0.2) is 35.1 Å². The Bertz CT molecular complexity index is 1380. The Kier molecular flexibility index (Phi) is 5.33. The van der Waals surface area contributed by atoms with Gasteiger partial charge in [0.25, 0.3) is 0 Å². The largest absolute Gasteiger partial charge is 0.393 e. The lowest BCUT2D eigenvalue weighted by Gasteiger charge is -2.30. The van der Waals surface area contributed by atoms with Crippen molar-refractivity contribution < 1.29 is 5.11 Å². The van der Waals surface area contributed by atoms with Gasteiger partial charge in [0.2, 0.25) is 0 Å². The van der Waals surface area contributed by atoms with Crippen LogP contribution in [0.3, 0.4) is 0 Å². The van der Waals surface area contributed by atoms with Crippen LogP contribution in [0, 0.1) is 0 Å². The molecule has 9 nitrogen and oxygen atoms in total. The van der Waals surface area contributed by atoms with Crippen LogP contribution in [0.1, 0.15) is 45.0 Å². The van der Waals surface area contributed by atoms with Crippen molar-refractivity contribution in [1.29, 1.82) is 0 Å². The van der Waals surface area contributed by atoms with Gasteiger partial charge in [-0.25, -0.2) is 9.20 Å². The molecule has 0 aliphatic carbocycles. The van der Waals surface area contributed by atoms with E-state index in [2.05, 4.69) is 25.3 Å².